The van der Waals surface area contributed by atoms with Crippen LogP contribution in [0.4, 0.5) is 0 Å². The minimum Gasteiger partial charge on any atom is -0.315 e. The third kappa shape index (κ3) is 2.96. The second-order valence-electron chi connectivity index (χ2n) is 4.27. The highest BCUT2D eigenvalue weighted by Gasteiger charge is 2.31. The largest absolute Gasteiger partial charge is 0.315 e. The van der Waals surface area contributed by atoms with Crippen LogP contribution in [0.25, 0.3) is 0 Å². The summed E-state index contributed by atoms with van der Waals surface area (Å²) < 4.78 is 28.0. The molecule has 0 radical (unpaired) electrons. The monoisotopic (exact) mass is 352 g/mol. The molecular formula is C11H17BrN2O2S2. The van der Waals surface area contributed by atoms with Gasteiger partial charge in [-0.1, -0.05) is 6.92 Å². The van der Waals surface area contributed by atoms with Gasteiger partial charge in [0.2, 0.25) is 0 Å². The zero-order chi connectivity index (χ0) is 13.2. The van der Waals surface area contributed by atoms with Crippen molar-refractivity contribution in [2.75, 3.05) is 19.6 Å². The maximum absolute atomic E-state index is 12.6. The van der Waals surface area contributed by atoms with Crippen LogP contribution in [-0.2, 0) is 10.0 Å². The molecule has 0 saturated carbocycles. The number of nitrogens with one attached hydrogen (secondary N) is 1. The SMILES string of the molecule is CCN(C1CCCNC1)S(=O)(=O)c1ccc(Br)s1. The van der Waals surface area contributed by atoms with Gasteiger partial charge < -0.3 is 5.32 Å². The zero-order valence-corrected chi connectivity index (χ0v) is 13.4. The fraction of sp³-hybridized carbons (Fsp3) is 0.636. The third-order valence-corrected chi connectivity index (χ3v) is 7.22. The van der Waals surface area contributed by atoms with E-state index < -0.39 is 10.0 Å². The second-order valence-corrected chi connectivity index (χ2v) is 8.85. The molecule has 1 aromatic heterocycles. The summed E-state index contributed by atoms with van der Waals surface area (Å²) in [5.41, 5.74) is 0. The lowest BCUT2D eigenvalue weighted by Crippen LogP contribution is -2.48. The Labute approximate surface area is 121 Å². The summed E-state index contributed by atoms with van der Waals surface area (Å²) in [6.07, 6.45) is 1.97. The highest BCUT2D eigenvalue weighted by molar-refractivity contribution is 9.11. The number of likely N-dealkylation sites (N-methyl/N-ethyl adjacent to an activating group) is 1. The van der Waals surface area contributed by atoms with Crippen molar-refractivity contribution < 1.29 is 8.42 Å². The number of rotatable bonds is 4. The molecule has 0 spiro atoms. The van der Waals surface area contributed by atoms with Crippen molar-refractivity contribution >= 4 is 37.3 Å². The Hall–Kier alpha value is 0.0500. The van der Waals surface area contributed by atoms with Crippen molar-refractivity contribution in [2.45, 2.75) is 30.0 Å². The van der Waals surface area contributed by atoms with E-state index in [2.05, 4.69) is 21.2 Å². The summed E-state index contributed by atoms with van der Waals surface area (Å²) in [7, 11) is -3.35. The number of hydrogen-bond donors (Lipinski definition) is 1. The molecule has 2 rings (SSSR count). The van der Waals surface area contributed by atoms with Crippen molar-refractivity contribution in [2.24, 2.45) is 0 Å². The summed E-state index contributed by atoms with van der Waals surface area (Å²) in [5.74, 6) is 0. The number of thiophene rings is 1. The molecule has 0 amide bonds. The molecule has 2 heterocycles. The number of halogens is 1. The Bertz CT molecular complexity index is 495. The summed E-state index contributed by atoms with van der Waals surface area (Å²) in [6.45, 7) is 4.15. The first-order valence-corrected chi connectivity index (χ1v) is 9.08. The predicted octanol–water partition coefficient (Wildman–Crippen LogP) is 2.27. The molecule has 1 atom stereocenters. The molecule has 4 nitrogen and oxygen atoms in total. The van der Waals surface area contributed by atoms with Gasteiger partial charge in [-0.3, -0.25) is 0 Å². The number of hydrogen-bond acceptors (Lipinski definition) is 4. The summed E-state index contributed by atoms with van der Waals surface area (Å²) in [4.78, 5) is 0. The minimum absolute atomic E-state index is 0.0784. The first-order chi connectivity index (χ1) is 8.55. The number of sulfonamides is 1. The maximum atomic E-state index is 12.6. The van der Waals surface area contributed by atoms with Crippen LogP contribution < -0.4 is 5.32 Å². The molecule has 1 aliphatic rings. The van der Waals surface area contributed by atoms with E-state index in [9.17, 15) is 8.42 Å². The van der Waals surface area contributed by atoms with Crippen LogP contribution in [0, 0.1) is 0 Å². The number of piperidine rings is 1. The van der Waals surface area contributed by atoms with Crippen molar-refractivity contribution in [1.29, 1.82) is 0 Å². The molecule has 18 heavy (non-hydrogen) atoms. The van der Waals surface area contributed by atoms with Crippen LogP contribution in [0.1, 0.15) is 19.8 Å². The second kappa shape index (κ2) is 6.00. The topological polar surface area (TPSA) is 49.4 Å². The standard InChI is InChI=1S/C11H17BrN2O2S2/c1-2-14(9-4-3-7-13-8-9)18(15,16)11-6-5-10(12)17-11/h5-6,9,13H,2-4,7-8H2,1H3. The Kier molecular flexibility index (Phi) is 4.82. The van der Waals surface area contributed by atoms with Crippen LogP contribution in [0.5, 0.6) is 0 Å². The molecule has 1 unspecified atom stereocenters. The summed E-state index contributed by atoms with van der Waals surface area (Å²) in [5, 5.41) is 3.27. The highest BCUT2D eigenvalue weighted by atomic mass is 79.9. The lowest BCUT2D eigenvalue weighted by Gasteiger charge is -2.32. The van der Waals surface area contributed by atoms with Gasteiger partial charge in [-0.15, -0.1) is 11.3 Å². The van der Waals surface area contributed by atoms with Gasteiger partial charge in [0.15, 0.2) is 0 Å². The molecule has 1 saturated heterocycles. The lowest BCUT2D eigenvalue weighted by atomic mass is 10.1. The zero-order valence-electron chi connectivity index (χ0n) is 10.2. The molecule has 1 aliphatic heterocycles. The Morgan fingerprint density at radius 2 is 2.33 bits per heavy atom. The van der Waals surface area contributed by atoms with E-state index in [4.69, 9.17) is 0 Å². The van der Waals surface area contributed by atoms with Gasteiger partial charge in [0.05, 0.1) is 3.79 Å². The fourth-order valence-corrected chi connectivity index (χ4v) is 6.06. The average Bonchev–Trinajstić information content (AvgIpc) is 2.78. The Morgan fingerprint density at radius 3 is 2.83 bits per heavy atom. The molecule has 0 bridgehead atoms. The summed E-state index contributed by atoms with van der Waals surface area (Å²) >= 11 is 4.58. The van der Waals surface area contributed by atoms with Gasteiger partial charge in [-0.05, 0) is 47.4 Å². The Balaban J connectivity index is 2.25. The molecule has 1 fully saturated rings. The van der Waals surface area contributed by atoms with Gasteiger partial charge in [-0.2, -0.15) is 4.31 Å². The maximum Gasteiger partial charge on any atom is 0.252 e. The molecular weight excluding hydrogens is 336 g/mol. The molecule has 0 aromatic carbocycles. The third-order valence-electron chi connectivity index (χ3n) is 3.10. The molecule has 1 N–H and O–H groups in total. The molecule has 102 valence electrons. The van der Waals surface area contributed by atoms with E-state index >= 15 is 0 Å². The van der Waals surface area contributed by atoms with E-state index in [-0.39, 0.29) is 6.04 Å². The van der Waals surface area contributed by atoms with Crippen molar-refractivity contribution in [3.8, 4) is 0 Å². The van der Waals surface area contributed by atoms with Crippen LogP contribution in [0.2, 0.25) is 0 Å². The molecule has 7 heteroatoms. The lowest BCUT2D eigenvalue weighted by molar-refractivity contribution is 0.275. The van der Waals surface area contributed by atoms with Crippen LogP contribution in [0.15, 0.2) is 20.1 Å². The molecule has 1 aromatic rings. The Morgan fingerprint density at radius 1 is 1.56 bits per heavy atom. The van der Waals surface area contributed by atoms with Crippen molar-refractivity contribution in [3.05, 3.63) is 15.9 Å². The first kappa shape index (κ1) is 14.5. The smallest absolute Gasteiger partial charge is 0.252 e. The molecule has 0 aliphatic carbocycles. The highest BCUT2D eigenvalue weighted by Crippen LogP contribution is 2.30. The predicted molar refractivity (Wildman–Crippen MR) is 77.5 cm³/mol. The van der Waals surface area contributed by atoms with Gasteiger partial charge in [0, 0.05) is 19.1 Å². The van der Waals surface area contributed by atoms with Gasteiger partial charge >= 0.3 is 0 Å². The van der Waals surface area contributed by atoms with E-state index in [0.717, 1.165) is 29.7 Å². The van der Waals surface area contributed by atoms with Crippen LogP contribution in [-0.4, -0.2) is 38.4 Å². The minimum atomic E-state index is -3.35. The quantitative estimate of drug-likeness (QED) is 0.904. The van der Waals surface area contributed by atoms with Gasteiger partial charge in [0.25, 0.3) is 10.0 Å². The van der Waals surface area contributed by atoms with Gasteiger partial charge in [0.1, 0.15) is 4.21 Å². The van der Waals surface area contributed by atoms with E-state index in [1.807, 2.05) is 6.92 Å². The van der Waals surface area contributed by atoms with Crippen molar-refractivity contribution in [3.63, 3.8) is 0 Å². The summed E-state index contributed by atoms with van der Waals surface area (Å²) in [6, 6.07) is 3.53. The first-order valence-electron chi connectivity index (χ1n) is 6.03. The van der Waals surface area contributed by atoms with E-state index in [1.54, 1.807) is 16.4 Å². The van der Waals surface area contributed by atoms with Crippen LogP contribution >= 0.6 is 27.3 Å². The van der Waals surface area contributed by atoms with Gasteiger partial charge in [-0.25, -0.2) is 8.42 Å². The number of nitrogens with zero attached hydrogens (tertiary/aromatic N) is 1. The van der Waals surface area contributed by atoms with E-state index in [1.165, 1.54) is 11.3 Å². The van der Waals surface area contributed by atoms with Crippen molar-refractivity contribution in [1.82, 2.24) is 9.62 Å². The van der Waals surface area contributed by atoms with E-state index in [0.29, 0.717) is 10.8 Å². The average molecular weight is 353 g/mol. The fourth-order valence-electron chi connectivity index (χ4n) is 2.26. The normalized spacial score (nSPS) is 21.4. The van der Waals surface area contributed by atoms with Crippen LogP contribution in [0.3, 0.4) is 0 Å².